The number of carboxylic acids is 1. The van der Waals surface area contributed by atoms with Gasteiger partial charge in [0.2, 0.25) is 0 Å². The second kappa shape index (κ2) is 5.25. The molecule has 2 heterocycles. The second-order valence-electron chi connectivity index (χ2n) is 4.93. The van der Waals surface area contributed by atoms with Crippen molar-refractivity contribution in [2.45, 2.75) is 0 Å². The monoisotopic (exact) mass is 279 g/mol. The van der Waals surface area contributed by atoms with Crippen molar-refractivity contribution >= 4 is 5.97 Å². The number of H-pyrrole nitrogens is 1. The molecule has 2 N–H and O–H groups in total. The highest BCUT2D eigenvalue weighted by Crippen LogP contribution is 2.24. The summed E-state index contributed by atoms with van der Waals surface area (Å²) in [5.74, 6) is -0.918. The van der Waals surface area contributed by atoms with Crippen LogP contribution in [0.4, 0.5) is 0 Å². The number of hydrogen-bond acceptors (Lipinski definition) is 1. The Kier molecular flexibility index (Phi) is 3.28. The third-order valence-corrected chi connectivity index (χ3v) is 3.36. The molecule has 0 atom stereocenters. The fraction of sp³-hybridized carbons (Fsp3) is 0.0588. The summed E-state index contributed by atoms with van der Waals surface area (Å²) in [7, 11) is 1.98. The number of benzene rings is 1. The molecule has 0 saturated carbocycles. The highest BCUT2D eigenvalue weighted by atomic mass is 16.4. The van der Waals surface area contributed by atoms with Gasteiger partial charge < -0.3 is 10.1 Å². The van der Waals surface area contributed by atoms with Crippen LogP contribution in [0.1, 0.15) is 10.4 Å². The predicted molar refractivity (Wildman–Crippen MR) is 79.8 cm³/mol. The van der Waals surface area contributed by atoms with E-state index in [4.69, 9.17) is 5.11 Å². The van der Waals surface area contributed by atoms with Crippen molar-refractivity contribution in [3.8, 4) is 22.5 Å². The number of carbonyl (C=O) groups is 1. The van der Waals surface area contributed by atoms with Gasteiger partial charge >= 0.3 is 5.97 Å². The van der Waals surface area contributed by atoms with Crippen LogP contribution < -0.4 is 4.57 Å². The molecule has 3 aromatic rings. The number of pyridine rings is 1. The molecule has 0 saturated heterocycles. The van der Waals surface area contributed by atoms with Crippen LogP contribution in [0.25, 0.3) is 22.5 Å². The largest absolute Gasteiger partial charge is 0.478 e. The smallest absolute Gasteiger partial charge is 0.335 e. The molecule has 0 radical (unpaired) electrons. The summed E-state index contributed by atoms with van der Waals surface area (Å²) in [6.07, 6.45) is 4.01. The van der Waals surface area contributed by atoms with E-state index in [9.17, 15) is 4.79 Å². The van der Waals surface area contributed by atoms with Gasteiger partial charge in [-0.1, -0.05) is 12.1 Å². The van der Waals surface area contributed by atoms with Crippen LogP contribution >= 0.6 is 0 Å². The van der Waals surface area contributed by atoms with Crippen molar-refractivity contribution in [2.75, 3.05) is 0 Å². The summed E-state index contributed by atoms with van der Waals surface area (Å²) < 4.78 is 1.99. The third kappa shape index (κ3) is 2.69. The number of aromatic nitrogens is 2. The van der Waals surface area contributed by atoms with E-state index in [1.54, 1.807) is 18.2 Å². The van der Waals surface area contributed by atoms with Gasteiger partial charge in [0.1, 0.15) is 7.05 Å². The van der Waals surface area contributed by atoms with Crippen molar-refractivity contribution in [3.63, 3.8) is 0 Å². The number of nitrogens with one attached hydrogen (secondary N) is 1. The van der Waals surface area contributed by atoms with E-state index in [1.807, 2.05) is 54.3 Å². The highest BCUT2D eigenvalue weighted by molar-refractivity contribution is 5.89. The zero-order chi connectivity index (χ0) is 14.8. The van der Waals surface area contributed by atoms with E-state index in [-0.39, 0.29) is 5.56 Å². The lowest BCUT2D eigenvalue weighted by Gasteiger charge is -2.01. The normalized spacial score (nSPS) is 10.5. The maximum atomic E-state index is 11.0. The lowest BCUT2D eigenvalue weighted by atomic mass is 10.1. The molecule has 3 rings (SSSR count). The Labute approximate surface area is 122 Å². The van der Waals surface area contributed by atoms with E-state index < -0.39 is 5.97 Å². The molecule has 104 valence electrons. The van der Waals surface area contributed by atoms with Crippen molar-refractivity contribution < 1.29 is 14.5 Å². The molecule has 0 aliphatic carbocycles. The number of aryl methyl sites for hydroxylation is 1. The predicted octanol–water partition coefficient (Wildman–Crippen LogP) is 2.87. The third-order valence-electron chi connectivity index (χ3n) is 3.36. The van der Waals surface area contributed by atoms with E-state index >= 15 is 0 Å². The van der Waals surface area contributed by atoms with Gasteiger partial charge in [0.15, 0.2) is 12.4 Å². The topological polar surface area (TPSA) is 57.0 Å². The van der Waals surface area contributed by atoms with Gasteiger partial charge in [0, 0.05) is 11.8 Å². The number of hydrogen-bond donors (Lipinski definition) is 2. The summed E-state index contributed by atoms with van der Waals surface area (Å²) >= 11 is 0. The first-order valence-electron chi connectivity index (χ1n) is 6.62. The Bertz CT molecular complexity index is 806. The molecule has 0 bridgehead atoms. The van der Waals surface area contributed by atoms with Crippen LogP contribution in [0.2, 0.25) is 0 Å². The lowest BCUT2D eigenvalue weighted by Crippen LogP contribution is -2.26. The van der Waals surface area contributed by atoms with Crippen LogP contribution in [-0.2, 0) is 7.05 Å². The summed E-state index contributed by atoms with van der Waals surface area (Å²) in [5.41, 5.74) is 4.14. The average Bonchev–Trinajstić information content (AvgIpc) is 2.97. The van der Waals surface area contributed by atoms with Gasteiger partial charge in [0.05, 0.1) is 16.8 Å². The van der Waals surface area contributed by atoms with Crippen LogP contribution in [0, 0.1) is 0 Å². The van der Waals surface area contributed by atoms with Crippen LogP contribution in [0.15, 0.2) is 60.9 Å². The molecule has 0 unspecified atom stereocenters. The Morgan fingerprint density at radius 3 is 2.48 bits per heavy atom. The van der Waals surface area contributed by atoms with Crippen molar-refractivity contribution in [3.05, 3.63) is 66.5 Å². The van der Waals surface area contributed by atoms with Crippen molar-refractivity contribution in [1.29, 1.82) is 0 Å². The maximum absolute atomic E-state index is 11.0. The quantitative estimate of drug-likeness (QED) is 0.724. The van der Waals surface area contributed by atoms with E-state index in [0.29, 0.717) is 0 Å². The lowest BCUT2D eigenvalue weighted by molar-refractivity contribution is -0.671. The first-order valence-corrected chi connectivity index (χ1v) is 6.62. The minimum atomic E-state index is -0.918. The van der Waals surface area contributed by atoms with Crippen LogP contribution in [-0.4, -0.2) is 16.1 Å². The highest BCUT2D eigenvalue weighted by Gasteiger charge is 2.08. The Balaban J connectivity index is 1.98. The molecular weight excluding hydrogens is 264 g/mol. The number of aromatic carboxylic acids is 1. The fourth-order valence-electron chi connectivity index (χ4n) is 2.30. The average molecular weight is 279 g/mol. The molecule has 0 spiro atoms. The van der Waals surface area contributed by atoms with Gasteiger partial charge in [-0.15, -0.1) is 0 Å². The van der Waals surface area contributed by atoms with Gasteiger partial charge in [0.25, 0.3) is 0 Å². The zero-order valence-corrected chi connectivity index (χ0v) is 11.6. The van der Waals surface area contributed by atoms with Gasteiger partial charge in [-0.2, -0.15) is 0 Å². The molecule has 21 heavy (non-hydrogen) atoms. The molecule has 0 amide bonds. The molecule has 4 heteroatoms. The number of aromatic amines is 1. The first kappa shape index (κ1) is 13.1. The van der Waals surface area contributed by atoms with E-state index in [2.05, 4.69) is 4.98 Å². The second-order valence-corrected chi connectivity index (χ2v) is 4.93. The molecule has 2 aromatic heterocycles. The van der Waals surface area contributed by atoms with Crippen molar-refractivity contribution in [1.82, 2.24) is 4.98 Å². The molecule has 0 fully saturated rings. The maximum Gasteiger partial charge on any atom is 0.335 e. The fourth-order valence-corrected chi connectivity index (χ4v) is 2.30. The SMILES string of the molecule is C[n+]1cccc(-c2ccc(-c3cccc(C(=O)O)c3)[nH]2)c1. The van der Waals surface area contributed by atoms with Crippen LogP contribution in [0.5, 0.6) is 0 Å². The molecular formula is C17H15N2O2+. The van der Waals surface area contributed by atoms with Crippen LogP contribution in [0.3, 0.4) is 0 Å². The zero-order valence-electron chi connectivity index (χ0n) is 11.6. The molecule has 0 aliphatic heterocycles. The minimum Gasteiger partial charge on any atom is -0.478 e. The first-order chi connectivity index (χ1) is 10.1. The molecule has 4 nitrogen and oxygen atoms in total. The minimum absolute atomic E-state index is 0.287. The summed E-state index contributed by atoms with van der Waals surface area (Å²) in [6.45, 7) is 0. The number of rotatable bonds is 3. The van der Waals surface area contributed by atoms with E-state index in [0.717, 1.165) is 22.5 Å². The number of nitrogens with zero attached hydrogens (tertiary/aromatic N) is 1. The van der Waals surface area contributed by atoms with Gasteiger partial charge in [-0.25, -0.2) is 9.36 Å². The molecule has 0 aliphatic rings. The standard InChI is InChI=1S/C17H14N2O2/c1-19-9-3-6-14(11-19)16-8-7-15(18-16)12-4-2-5-13(10-12)17(20)21/h2-11,18H,1H3/p+1. The number of carboxylic acid groups (broad SMARTS) is 1. The summed E-state index contributed by atoms with van der Waals surface area (Å²) in [6, 6.07) is 14.9. The molecule has 1 aromatic carbocycles. The Morgan fingerprint density at radius 1 is 1.05 bits per heavy atom. The Hall–Kier alpha value is -2.88. The summed E-state index contributed by atoms with van der Waals surface area (Å²) in [5, 5.41) is 9.06. The van der Waals surface area contributed by atoms with Gasteiger partial charge in [-0.3, -0.25) is 0 Å². The Morgan fingerprint density at radius 2 is 1.76 bits per heavy atom. The van der Waals surface area contributed by atoms with Crippen molar-refractivity contribution in [2.24, 2.45) is 7.05 Å². The van der Waals surface area contributed by atoms with E-state index in [1.165, 1.54) is 0 Å². The summed E-state index contributed by atoms with van der Waals surface area (Å²) in [4.78, 5) is 14.4. The van der Waals surface area contributed by atoms with Gasteiger partial charge in [-0.05, 0) is 35.9 Å².